The lowest BCUT2D eigenvalue weighted by molar-refractivity contribution is -0.147. The second kappa shape index (κ2) is 5.16. The van der Waals surface area contributed by atoms with Crippen LogP contribution in [0.2, 0.25) is 0 Å². The molecule has 2 rings (SSSR count). The van der Waals surface area contributed by atoms with Gasteiger partial charge in [0.1, 0.15) is 12.1 Å². The second-order valence-corrected chi connectivity index (χ2v) is 4.90. The van der Waals surface area contributed by atoms with Crippen molar-refractivity contribution in [2.45, 2.75) is 25.8 Å². The lowest BCUT2D eigenvalue weighted by Gasteiger charge is -2.28. The first kappa shape index (κ1) is 13.8. The minimum absolute atomic E-state index is 0.236. The van der Waals surface area contributed by atoms with Crippen molar-refractivity contribution in [1.29, 1.82) is 0 Å². The number of carbonyl (C=O) groups is 3. The van der Waals surface area contributed by atoms with Gasteiger partial charge in [0.2, 0.25) is 0 Å². The van der Waals surface area contributed by atoms with Crippen LogP contribution in [0.5, 0.6) is 0 Å². The summed E-state index contributed by atoms with van der Waals surface area (Å²) in [6, 6.07) is -0.399. The van der Waals surface area contributed by atoms with Crippen LogP contribution in [0, 0.1) is 0 Å². The molecule has 0 aromatic carbocycles. The summed E-state index contributed by atoms with van der Waals surface area (Å²) >= 11 is 0. The smallest absolute Gasteiger partial charge is 0.328 e. The standard InChI is InChI=1S/C12H19N3O4/c1-3-19-9(16)8-14-10(17)12(2)4-5-13-6-7-15(12)11(14)18/h13H,3-8H2,1-2H3. The number of rotatable bonds is 3. The Labute approximate surface area is 111 Å². The Balaban J connectivity index is 2.17. The summed E-state index contributed by atoms with van der Waals surface area (Å²) in [5.41, 5.74) is -0.840. The molecule has 7 nitrogen and oxygen atoms in total. The van der Waals surface area contributed by atoms with Crippen molar-refractivity contribution in [3.05, 3.63) is 0 Å². The molecule has 1 N–H and O–H groups in total. The molecule has 0 aliphatic carbocycles. The summed E-state index contributed by atoms with van der Waals surface area (Å²) in [6.07, 6.45) is 0.552. The first-order valence-corrected chi connectivity index (χ1v) is 6.50. The van der Waals surface area contributed by atoms with Gasteiger partial charge in [0.05, 0.1) is 6.61 Å². The summed E-state index contributed by atoms with van der Waals surface area (Å²) in [7, 11) is 0. The van der Waals surface area contributed by atoms with Crippen LogP contribution in [-0.2, 0) is 14.3 Å². The Hall–Kier alpha value is -1.63. The monoisotopic (exact) mass is 269 g/mol. The van der Waals surface area contributed by atoms with E-state index in [1.807, 2.05) is 0 Å². The third-order valence-electron chi connectivity index (χ3n) is 3.66. The molecule has 0 spiro atoms. The maximum absolute atomic E-state index is 12.4. The van der Waals surface area contributed by atoms with Gasteiger partial charge in [0.25, 0.3) is 5.91 Å². The predicted octanol–water partition coefficient (Wildman–Crippen LogP) is -0.434. The number of urea groups is 1. The van der Waals surface area contributed by atoms with E-state index in [-0.39, 0.29) is 19.1 Å². The molecule has 2 heterocycles. The Morgan fingerprint density at radius 1 is 1.42 bits per heavy atom. The van der Waals surface area contributed by atoms with Gasteiger partial charge in [-0.2, -0.15) is 0 Å². The molecule has 7 heteroatoms. The van der Waals surface area contributed by atoms with E-state index in [9.17, 15) is 14.4 Å². The molecule has 1 unspecified atom stereocenters. The minimum atomic E-state index is -0.840. The fourth-order valence-electron chi connectivity index (χ4n) is 2.56. The Morgan fingerprint density at radius 3 is 2.84 bits per heavy atom. The predicted molar refractivity (Wildman–Crippen MR) is 66.3 cm³/mol. The number of carbonyl (C=O) groups excluding carboxylic acids is 3. The fourth-order valence-corrected chi connectivity index (χ4v) is 2.56. The topological polar surface area (TPSA) is 79.0 Å². The van der Waals surface area contributed by atoms with Gasteiger partial charge in [0.15, 0.2) is 0 Å². The quantitative estimate of drug-likeness (QED) is 0.555. The number of amides is 3. The van der Waals surface area contributed by atoms with Crippen molar-refractivity contribution >= 4 is 17.9 Å². The average Bonchev–Trinajstić information content (AvgIpc) is 2.53. The van der Waals surface area contributed by atoms with E-state index in [0.29, 0.717) is 26.1 Å². The number of nitrogens with zero attached hydrogens (tertiary/aromatic N) is 2. The van der Waals surface area contributed by atoms with E-state index >= 15 is 0 Å². The molecular weight excluding hydrogens is 250 g/mol. The van der Waals surface area contributed by atoms with Gasteiger partial charge in [-0.1, -0.05) is 0 Å². The van der Waals surface area contributed by atoms with Crippen molar-refractivity contribution < 1.29 is 19.1 Å². The zero-order chi connectivity index (χ0) is 14.0. The summed E-state index contributed by atoms with van der Waals surface area (Å²) in [6.45, 7) is 5.18. The van der Waals surface area contributed by atoms with Crippen molar-refractivity contribution in [2.75, 3.05) is 32.8 Å². The Morgan fingerprint density at radius 2 is 2.16 bits per heavy atom. The number of ether oxygens (including phenoxy) is 1. The number of hydrogen-bond donors (Lipinski definition) is 1. The van der Waals surface area contributed by atoms with Gasteiger partial charge in [0, 0.05) is 13.1 Å². The van der Waals surface area contributed by atoms with E-state index in [0.717, 1.165) is 4.90 Å². The molecule has 0 bridgehead atoms. The van der Waals surface area contributed by atoms with E-state index in [4.69, 9.17) is 4.74 Å². The van der Waals surface area contributed by atoms with Crippen LogP contribution >= 0.6 is 0 Å². The molecule has 106 valence electrons. The molecule has 2 fully saturated rings. The highest BCUT2D eigenvalue weighted by Crippen LogP contribution is 2.31. The van der Waals surface area contributed by atoms with Crippen LogP contribution < -0.4 is 5.32 Å². The van der Waals surface area contributed by atoms with Gasteiger partial charge < -0.3 is 15.0 Å². The zero-order valence-corrected chi connectivity index (χ0v) is 11.3. The summed E-state index contributed by atoms with van der Waals surface area (Å²) in [5.74, 6) is -0.863. The molecule has 0 radical (unpaired) electrons. The summed E-state index contributed by atoms with van der Waals surface area (Å²) in [4.78, 5) is 38.7. The third-order valence-corrected chi connectivity index (χ3v) is 3.66. The molecular formula is C12H19N3O4. The zero-order valence-electron chi connectivity index (χ0n) is 11.3. The highest BCUT2D eigenvalue weighted by Gasteiger charge is 2.54. The highest BCUT2D eigenvalue weighted by atomic mass is 16.5. The summed E-state index contributed by atoms with van der Waals surface area (Å²) < 4.78 is 4.80. The normalized spacial score (nSPS) is 27.3. The van der Waals surface area contributed by atoms with Gasteiger partial charge >= 0.3 is 12.0 Å². The number of hydrogen-bond acceptors (Lipinski definition) is 5. The average molecular weight is 269 g/mol. The summed E-state index contributed by atoms with van der Waals surface area (Å²) in [5, 5.41) is 3.16. The first-order chi connectivity index (χ1) is 9.00. The van der Waals surface area contributed by atoms with Gasteiger partial charge in [-0.25, -0.2) is 4.79 Å². The maximum atomic E-state index is 12.4. The number of esters is 1. The molecule has 0 aromatic heterocycles. The SMILES string of the molecule is CCOC(=O)CN1C(=O)N2CCNCCC2(C)C1=O. The molecule has 2 aliphatic heterocycles. The first-order valence-electron chi connectivity index (χ1n) is 6.50. The second-order valence-electron chi connectivity index (χ2n) is 4.90. The molecule has 2 saturated heterocycles. The maximum Gasteiger partial charge on any atom is 0.328 e. The largest absolute Gasteiger partial charge is 0.465 e. The van der Waals surface area contributed by atoms with Crippen LogP contribution in [0.25, 0.3) is 0 Å². The lowest BCUT2D eigenvalue weighted by Crippen LogP contribution is -2.47. The molecule has 2 aliphatic rings. The van der Waals surface area contributed by atoms with Crippen molar-refractivity contribution in [1.82, 2.24) is 15.1 Å². The van der Waals surface area contributed by atoms with Gasteiger partial charge in [-0.15, -0.1) is 0 Å². The van der Waals surface area contributed by atoms with Crippen LogP contribution in [0.1, 0.15) is 20.3 Å². The van der Waals surface area contributed by atoms with Gasteiger partial charge in [-0.05, 0) is 26.8 Å². The van der Waals surface area contributed by atoms with E-state index in [1.54, 1.807) is 18.7 Å². The molecule has 1 atom stereocenters. The van der Waals surface area contributed by atoms with E-state index in [1.165, 1.54) is 0 Å². The fraction of sp³-hybridized carbons (Fsp3) is 0.750. The van der Waals surface area contributed by atoms with Crippen LogP contribution in [0.15, 0.2) is 0 Å². The van der Waals surface area contributed by atoms with Crippen molar-refractivity contribution in [2.24, 2.45) is 0 Å². The molecule has 0 aromatic rings. The van der Waals surface area contributed by atoms with Crippen LogP contribution in [0.4, 0.5) is 4.79 Å². The van der Waals surface area contributed by atoms with E-state index < -0.39 is 17.5 Å². The third kappa shape index (κ3) is 2.30. The van der Waals surface area contributed by atoms with Crippen molar-refractivity contribution in [3.8, 4) is 0 Å². The van der Waals surface area contributed by atoms with E-state index in [2.05, 4.69) is 5.32 Å². The number of fused-ring (bicyclic) bond motifs is 1. The lowest BCUT2D eigenvalue weighted by atomic mass is 9.96. The molecule has 0 saturated carbocycles. The number of imide groups is 1. The molecule has 19 heavy (non-hydrogen) atoms. The van der Waals surface area contributed by atoms with Gasteiger partial charge in [-0.3, -0.25) is 14.5 Å². The number of nitrogens with one attached hydrogen (secondary N) is 1. The Bertz CT molecular complexity index is 412. The highest BCUT2D eigenvalue weighted by molar-refractivity contribution is 6.08. The minimum Gasteiger partial charge on any atom is -0.465 e. The Kier molecular flexibility index (Phi) is 3.75. The molecule has 3 amide bonds. The van der Waals surface area contributed by atoms with Crippen molar-refractivity contribution in [3.63, 3.8) is 0 Å². The van der Waals surface area contributed by atoms with Crippen LogP contribution in [-0.4, -0.2) is 66.0 Å². The van der Waals surface area contributed by atoms with Crippen LogP contribution in [0.3, 0.4) is 0 Å².